The van der Waals surface area contributed by atoms with E-state index in [4.69, 9.17) is 14.8 Å². The lowest BCUT2D eigenvalue weighted by molar-refractivity contribution is 0.0274. The first-order chi connectivity index (χ1) is 12.8. The van der Waals surface area contributed by atoms with Crippen LogP contribution in [0.2, 0.25) is 0 Å². The van der Waals surface area contributed by atoms with Crippen LogP contribution in [-0.2, 0) is 24.2 Å². The van der Waals surface area contributed by atoms with Gasteiger partial charge in [0.15, 0.2) is 5.82 Å². The van der Waals surface area contributed by atoms with E-state index in [1.54, 1.807) is 11.0 Å². The predicted octanol–water partition coefficient (Wildman–Crippen LogP) is 0.806. The molecule has 0 amide bonds. The van der Waals surface area contributed by atoms with Crippen LogP contribution in [0, 0.1) is 6.92 Å². The first kappa shape index (κ1) is 16.9. The maximum atomic E-state index is 5.85. The highest BCUT2D eigenvalue weighted by Gasteiger charge is 2.19. The first-order valence-corrected chi connectivity index (χ1v) is 8.89. The number of morpholine rings is 1. The highest BCUT2D eigenvalue weighted by atomic mass is 16.5. The molecular formula is C18H23N7O. The summed E-state index contributed by atoms with van der Waals surface area (Å²) in [6.07, 6.45) is 4.06. The van der Waals surface area contributed by atoms with Crippen LogP contribution >= 0.6 is 0 Å². The van der Waals surface area contributed by atoms with Crippen LogP contribution in [0.1, 0.15) is 22.8 Å². The lowest BCUT2D eigenvalue weighted by atomic mass is 10.1. The molecule has 0 aliphatic carbocycles. The summed E-state index contributed by atoms with van der Waals surface area (Å²) in [6.45, 7) is 5.80. The Morgan fingerprint density at radius 2 is 2.27 bits per heavy atom. The number of rotatable bonds is 6. The molecule has 1 atom stereocenters. The van der Waals surface area contributed by atoms with Crippen molar-refractivity contribution in [3.8, 4) is 0 Å². The quantitative estimate of drug-likeness (QED) is 0.706. The van der Waals surface area contributed by atoms with Crippen LogP contribution in [0.25, 0.3) is 0 Å². The van der Waals surface area contributed by atoms with Crippen molar-refractivity contribution < 1.29 is 4.74 Å². The molecule has 3 heterocycles. The van der Waals surface area contributed by atoms with Gasteiger partial charge in [-0.15, -0.1) is 0 Å². The van der Waals surface area contributed by atoms with Gasteiger partial charge < -0.3 is 10.1 Å². The molecule has 2 aromatic heterocycles. The van der Waals surface area contributed by atoms with E-state index in [0.717, 1.165) is 37.8 Å². The minimum Gasteiger partial charge on any atom is -0.375 e. The summed E-state index contributed by atoms with van der Waals surface area (Å²) in [6, 6.07) is 8.48. The third-order valence-electron chi connectivity index (χ3n) is 4.39. The number of hydrogen-bond donors (Lipinski definition) is 1. The molecule has 0 bridgehead atoms. The Kier molecular flexibility index (Phi) is 5.03. The zero-order chi connectivity index (χ0) is 17.8. The number of benzene rings is 1. The van der Waals surface area contributed by atoms with Crippen LogP contribution in [-0.4, -0.2) is 55.3 Å². The lowest BCUT2D eigenvalue weighted by Crippen LogP contribution is -2.40. The van der Waals surface area contributed by atoms with Crippen molar-refractivity contribution in [2.75, 3.05) is 19.7 Å². The molecule has 8 nitrogen and oxygen atoms in total. The molecule has 1 saturated heterocycles. The smallest absolute Gasteiger partial charge is 0.172 e. The fourth-order valence-corrected chi connectivity index (χ4v) is 3.17. The van der Waals surface area contributed by atoms with Crippen LogP contribution in [0.4, 0.5) is 0 Å². The second-order valence-electron chi connectivity index (χ2n) is 6.59. The predicted molar refractivity (Wildman–Crippen MR) is 95.7 cm³/mol. The third kappa shape index (κ3) is 4.14. The topological polar surface area (TPSA) is 82.7 Å². The minimum absolute atomic E-state index is 0.128. The fourth-order valence-electron chi connectivity index (χ4n) is 3.17. The summed E-state index contributed by atoms with van der Waals surface area (Å²) < 4.78 is 9.57. The van der Waals surface area contributed by atoms with Crippen molar-refractivity contribution in [3.63, 3.8) is 0 Å². The molecule has 1 N–H and O–H groups in total. The largest absolute Gasteiger partial charge is 0.375 e. The molecule has 26 heavy (non-hydrogen) atoms. The molecule has 1 fully saturated rings. The van der Waals surface area contributed by atoms with Crippen molar-refractivity contribution in [2.45, 2.75) is 32.5 Å². The van der Waals surface area contributed by atoms with E-state index in [9.17, 15) is 0 Å². The monoisotopic (exact) mass is 353 g/mol. The highest BCUT2D eigenvalue weighted by molar-refractivity contribution is 5.22. The van der Waals surface area contributed by atoms with E-state index in [1.165, 1.54) is 17.5 Å². The van der Waals surface area contributed by atoms with Gasteiger partial charge in [0, 0.05) is 19.5 Å². The summed E-state index contributed by atoms with van der Waals surface area (Å²) in [5.74, 6) is 1.68. The molecule has 0 unspecified atom stereocenters. The van der Waals surface area contributed by atoms with Crippen LogP contribution in [0.15, 0.2) is 36.9 Å². The summed E-state index contributed by atoms with van der Waals surface area (Å²) in [5.41, 5.74) is 2.46. The Bertz CT molecular complexity index is 837. The Balaban J connectivity index is 1.57. The number of hydrogen-bond acceptors (Lipinski definition) is 6. The zero-order valence-corrected chi connectivity index (χ0v) is 14.9. The molecule has 1 aliphatic rings. The maximum Gasteiger partial charge on any atom is 0.172 e. The zero-order valence-electron chi connectivity index (χ0n) is 14.9. The molecule has 1 aliphatic heterocycles. The molecule has 136 valence electrons. The Morgan fingerprint density at radius 3 is 3.04 bits per heavy atom. The van der Waals surface area contributed by atoms with E-state index in [2.05, 4.69) is 46.6 Å². The SMILES string of the molecule is Cc1cccc(Cn2nc(Cn3cncn3)nc2C[C@@H]2CNCCO2)c1. The summed E-state index contributed by atoms with van der Waals surface area (Å²) in [5, 5.41) is 12.2. The van der Waals surface area contributed by atoms with Gasteiger partial charge in [-0.2, -0.15) is 10.2 Å². The van der Waals surface area contributed by atoms with Gasteiger partial charge in [-0.05, 0) is 12.5 Å². The minimum atomic E-state index is 0.128. The standard InChI is InChI=1S/C18H23N7O/c1-14-3-2-4-15(7-14)10-25-18(8-16-9-19-5-6-26-16)22-17(23-25)11-24-13-20-12-21-24/h2-4,7,12-13,16,19H,5-6,8-11H2,1H3/t16-/m1/s1. The number of aryl methyl sites for hydroxylation is 1. The average Bonchev–Trinajstić information content (AvgIpc) is 3.27. The van der Waals surface area contributed by atoms with Crippen molar-refractivity contribution >= 4 is 0 Å². The molecule has 8 heteroatoms. The number of nitrogens with one attached hydrogen (secondary N) is 1. The van der Waals surface area contributed by atoms with E-state index < -0.39 is 0 Å². The van der Waals surface area contributed by atoms with Crippen molar-refractivity contribution in [1.82, 2.24) is 34.8 Å². The summed E-state index contributed by atoms with van der Waals surface area (Å²) in [4.78, 5) is 8.73. The molecule has 0 spiro atoms. The van der Waals surface area contributed by atoms with Gasteiger partial charge in [-0.1, -0.05) is 29.8 Å². The molecule has 0 saturated carbocycles. The highest BCUT2D eigenvalue weighted by Crippen LogP contribution is 2.12. The molecule has 1 aromatic carbocycles. The molecule has 4 rings (SSSR count). The molecule has 3 aromatic rings. The third-order valence-corrected chi connectivity index (χ3v) is 4.39. The fraction of sp³-hybridized carbons (Fsp3) is 0.444. The van der Waals surface area contributed by atoms with Crippen molar-refractivity contribution in [2.24, 2.45) is 0 Å². The second-order valence-corrected chi connectivity index (χ2v) is 6.59. The number of nitrogens with zero attached hydrogens (tertiary/aromatic N) is 6. The van der Waals surface area contributed by atoms with E-state index >= 15 is 0 Å². The van der Waals surface area contributed by atoms with Crippen molar-refractivity contribution in [3.05, 3.63) is 59.7 Å². The van der Waals surface area contributed by atoms with E-state index in [1.807, 2.05) is 4.68 Å². The summed E-state index contributed by atoms with van der Waals surface area (Å²) in [7, 11) is 0. The van der Waals surface area contributed by atoms with Gasteiger partial charge in [0.05, 0.1) is 19.3 Å². The van der Waals surface area contributed by atoms with E-state index in [-0.39, 0.29) is 6.10 Å². The van der Waals surface area contributed by atoms with Gasteiger partial charge in [0.25, 0.3) is 0 Å². The van der Waals surface area contributed by atoms with Crippen LogP contribution in [0.3, 0.4) is 0 Å². The lowest BCUT2D eigenvalue weighted by Gasteiger charge is -2.23. The number of aromatic nitrogens is 6. The Morgan fingerprint density at radius 1 is 1.31 bits per heavy atom. The molecule has 0 radical (unpaired) electrons. The van der Waals surface area contributed by atoms with Gasteiger partial charge in [-0.25, -0.2) is 19.3 Å². The van der Waals surface area contributed by atoms with Crippen LogP contribution < -0.4 is 5.32 Å². The second kappa shape index (κ2) is 7.76. The van der Waals surface area contributed by atoms with Crippen molar-refractivity contribution in [1.29, 1.82) is 0 Å². The molecular weight excluding hydrogens is 330 g/mol. The summed E-state index contributed by atoms with van der Waals surface area (Å²) >= 11 is 0. The Hall–Kier alpha value is -2.58. The van der Waals surface area contributed by atoms with Crippen LogP contribution in [0.5, 0.6) is 0 Å². The van der Waals surface area contributed by atoms with Gasteiger partial charge >= 0.3 is 0 Å². The first-order valence-electron chi connectivity index (χ1n) is 8.89. The Labute approximate surface area is 152 Å². The van der Waals surface area contributed by atoms with E-state index in [0.29, 0.717) is 13.1 Å². The van der Waals surface area contributed by atoms with Gasteiger partial charge in [0.2, 0.25) is 0 Å². The average molecular weight is 353 g/mol. The maximum absolute atomic E-state index is 5.85. The van der Waals surface area contributed by atoms with Gasteiger partial charge in [0.1, 0.15) is 25.0 Å². The number of ether oxygens (including phenoxy) is 1. The normalized spacial score (nSPS) is 17.5. The van der Waals surface area contributed by atoms with Gasteiger partial charge in [-0.3, -0.25) is 0 Å².